The van der Waals surface area contributed by atoms with Crippen LogP contribution >= 0.6 is 0 Å². The summed E-state index contributed by atoms with van der Waals surface area (Å²) in [7, 11) is 0. The molecule has 2 heterocycles. The van der Waals surface area contributed by atoms with Crippen LogP contribution in [0.25, 0.3) is 0 Å². The molecule has 0 radical (unpaired) electrons. The molecule has 0 aliphatic carbocycles. The molecule has 0 bridgehead atoms. The second kappa shape index (κ2) is 6.75. The molecule has 1 unspecified atom stereocenters. The maximum absolute atomic E-state index is 9.63. The number of pyridine rings is 1. The van der Waals surface area contributed by atoms with Crippen LogP contribution in [-0.2, 0) is 0 Å². The van der Waals surface area contributed by atoms with Crippen LogP contribution in [0.2, 0.25) is 0 Å². The molecule has 2 N–H and O–H groups in total. The molecule has 1 aromatic heterocycles. The number of hydrogen-bond donors (Lipinski definition) is 2. The Morgan fingerprint density at radius 1 is 1.42 bits per heavy atom. The zero-order valence-corrected chi connectivity index (χ0v) is 12.0. The molecule has 0 amide bonds. The highest BCUT2D eigenvalue weighted by atomic mass is 16.3. The lowest BCUT2D eigenvalue weighted by Crippen LogP contribution is -2.37. The third-order valence-corrected chi connectivity index (χ3v) is 3.84. The van der Waals surface area contributed by atoms with Gasteiger partial charge in [0, 0.05) is 19.6 Å². The largest absolute Gasteiger partial charge is 0.393 e. The SMILES string of the molecule is CCCNc1cccc(N2CCC(C(C)O)CC2)n1. The van der Waals surface area contributed by atoms with Crippen LogP contribution in [0, 0.1) is 5.92 Å². The van der Waals surface area contributed by atoms with E-state index in [2.05, 4.69) is 34.3 Å². The van der Waals surface area contributed by atoms with Crippen LogP contribution in [0.5, 0.6) is 0 Å². The van der Waals surface area contributed by atoms with Crippen LogP contribution in [0.3, 0.4) is 0 Å². The first kappa shape index (κ1) is 14.1. The Morgan fingerprint density at radius 2 is 2.16 bits per heavy atom. The van der Waals surface area contributed by atoms with Gasteiger partial charge in [-0.15, -0.1) is 0 Å². The Balaban J connectivity index is 1.95. The number of aliphatic hydroxyl groups excluding tert-OH is 1. The van der Waals surface area contributed by atoms with Crippen LogP contribution in [0.4, 0.5) is 11.6 Å². The third kappa shape index (κ3) is 3.83. The third-order valence-electron chi connectivity index (χ3n) is 3.84. The first-order valence-corrected chi connectivity index (χ1v) is 7.34. The molecule has 1 aromatic rings. The van der Waals surface area contributed by atoms with Gasteiger partial charge in [0.05, 0.1) is 6.10 Å². The highest BCUT2D eigenvalue weighted by molar-refractivity contribution is 5.47. The van der Waals surface area contributed by atoms with Crippen molar-refractivity contribution in [3.8, 4) is 0 Å². The number of nitrogens with zero attached hydrogens (tertiary/aromatic N) is 2. The Labute approximate surface area is 115 Å². The normalized spacial score (nSPS) is 18.4. The predicted molar refractivity (Wildman–Crippen MR) is 79.6 cm³/mol. The van der Waals surface area contributed by atoms with Crippen molar-refractivity contribution in [2.75, 3.05) is 29.9 Å². The Morgan fingerprint density at radius 3 is 2.79 bits per heavy atom. The van der Waals surface area contributed by atoms with Crippen LogP contribution < -0.4 is 10.2 Å². The van der Waals surface area contributed by atoms with E-state index in [-0.39, 0.29) is 6.10 Å². The fourth-order valence-corrected chi connectivity index (χ4v) is 2.56. The van der Waals surface area contributed by atoms with E-state index >= 15 is 0 Å². The summed E-state index contributed by atoms with van der Waals surface area (Å²) in [5, 5.41) is 13.0. The zero-order chi connectivity index (χ0) is 13.7. The van der Waals surface area contributed by atoms with Gasteiger partial charge in [0.1, 0.15) is 11.6 Å². The molecule has 106 valence electrons. The second-order valence-electron chi connectivity index (χ2n) is 5.37. The Bertz CT molecular complexity index is 387. The van der Waals surface area contributed by atoms with Gasteiger partial charge in [-0.1, -0.05) is 13.0 Å². The van der Waals surface area contributed by atoms with Crippen molar-refractivity contribution in [2.45, 2.75) is 39.2 Å². The fourth-order valence-electron chi connectivity index (χ4n) is 2.56. The molecular weight excluding hydrogens is 238 g/mol. The van der Waals surface area contributed by atoms with Gasteiger partial charge in [0.15, 0.2) is 0 Å². The highest BCUT2D eigenvalue weighted by Gasteiger charge is 2.23. The van der Waals surface area contributed by atoms with Crippen LogP contribution in [0.15, 0.2) is 18.2 Å². The van der Waals surface area contributed by atoms with Gasteiger partial charge in [-0.2, -0.15) is 0 Å². The molecule has 0 spiro atoms. The van der Waals surface area contributed by atoms with Gasteiger partial charge in [-0.05, 0) is 44.2 Å². The van der Waals surface area contributed by atoms with Crippen molar-refractivity contribution in [2.24, 2.45) is 5.92 Å². The summed E-state index contributed by atoms with van der Waals surface area (Å²) in [5.74, 6) is 2.44. The van der Waals surface area contributed by atoms with E-state index in [1.165, 1.54) is 0 Å². The number of aliphatic hydroxyl groups is 1. The number of piperidine rings is 1. The molecule has 4 nitrogen and oxygen atoms in total. The summed E-state index contributed by atoms with van der Waals surface area (Å²) >= 11 is 0. The molecule has 1 saturated heterocycles. The minimum absolute atomic E-state index is 0.187. The lowest BCUT2D eigenvalue weighted by Gasteiger charge is -2.34. The van der Waals surface area contributed by atoms with Crippen molar-refractivity contribution in [3.05, 3.63) is 18.2 Å². The van der Waals surface area contributed by atoms with E-state index < -0.39 is 0 Å². The summed E-state index contributed by atoms with van der Waals surface area (Å²) < 4.78 is 0. The standard InChI is InChI=1S/C15H25N3O/c1-3-9-16-14-5-4-6-15(17-14)18-10-7-13(8-11-18)12(2)19/h4-6,12-13,19H,3,7-11H2,1-2H3,(H,16,17). The molecule has 0 aromatic carbocycles. The molecule has 1 aliphatic rings. The molecular formula is C15H25N3O. The van der Waals surface area contributed by atoms with E-state index in [0.29, 0.717) is 5.92 Å². The lowest BCUT2D eigenvalue weighted by molar-refractivity contribution is 0.110. The molecule has 4 heteroatoms. The van der Waals surface area contributed by atoms with E-state index in [1.807, 2.05) is 13.0 Å². The van der Waals surface area contributed by atoms with Gasteiger partial charge in [-0.3, -0.25) is 0 Å². The van der Waals surface area contributed by atoms with Gasteiger partial charge >= 0.3 is 0 Å². The second-order valence-corrected chi connectivity index (χ2v) is 5.37. The van der Waals surface area contributed by atoms with Crippen LogP contribution in [0.1, 0.15) is 33.1 Å². The molecule has 0 saturated carbocycles. The van der Waals surface area contributed by atoms with E-state index in [1.54, 1.807) is 0 Å². The number of nitrogens with one attached hydrogen (secondary N) is 1. The molecule has 1 aliphatic heterocycles. The van der Waals surface area contributed by atoms with Crippen molar-refractivity contribution >= 4 is 11.6 Å². The summed E-state index contributed by atoms with van der Waals surface area (Å²) in [6.45, 7) is 6.98. The van der Waals surface area contributed by atoms with E-state index in [0.717, 1.165) is 50.5 Å². The first-order valence-electron chi connectivity index (χ1n) is 7.34. The number of rotatable bonds is 5. The monoisotopic (exact) mass is 263 g/mol. The van der Waals surface area contributed by atoms with Gasteiger partial charge in [-0.25, -0.2) is 4.98 Å². The topological polar surface area (TPSA) is 48.4 Å². The Kier molecular flexibility index (Phi) is 5.02. The Hall–Kier alpha value is -1.29. The number of hydrogen-bond acceptors (Lipinski definition) is 4. The van der Waals surface area contributed by atoms with Crippen molar-refractivity contribution < 1.29 is 5.11 Å². The quantitative estimate of drug-likeness (QED) is 0.857. The molecule has 1 fully saturated rings. The minimum atomic E-state index is -0.187. The van der Waals surface area contributed by atoms with Crippen molar-refractivity contribution in [1.82, 2.24) is 4.98 Å². The molecule has 19 heavy (non-hydrogen) atoms. The van der Waals surface area contributed by atoms with Gasteiger partial charge in [0.2, 0.25) is 0 Å². The molecule has 1 atom stereocenters. The first-order chi connectivity index (χ1) is 9.20. The van der Waals surface area contributed by atoms with Crippen molar-refractivity contribution in [1.29, 1.82) is 0 Å². The summed E-state index contributed by atoms with van der Waals surface area (Å²) in [6, 6.07) is 6.14. The van der Waals surface area contributed by atoms with E-state index in [4.69, 9.17) is 0 Å². The minimum Gasteiger partial charge on any atom is -0.393 e. The average molecular weight is 263 g/mol. The highest BCUT2D eigenvalue weighted by Crippen LogP contribution is 2.24. The summed E-state index contributed by atoms with van der Waals surface area (Å²) in [4.78, 5) is 6.97. The predicted octanol–water partition coefficient (Wildman–Crippen LogP) is 2.50. The van der Waals surface area contributed by atoms with Crippen molar-refractivity contribution in [3.63, 3.8) is 0 Å². The summed E-state index contributed by atoms with van der Waals surface area (Å²) in [5.41, 5.74) is 0. The average Bonchev–Trinajstić information content (AvgIpc) is 2.45. The van der Waals surface area contributed by atoms with Gasteiger partial charge in [0.25, 0.3) is 0 Å². The van der Waals surface area contributed by atoms with Gasteiger partial charge < -0.3 is 15.3 Å². The van der Waals surface area contributed by atoms with E-state index in [9.17, 15) is 5.11 Å². The maximum Gasteiger partial charge on any atom is 0.130 e. The smallest absolute Gasteiger partial charge is 0.130 e. The lowest BCUT2D eigenvalue weighted by atomic mass is 9.92. The summed E-state index contributed by atoms with van der Waals surface area (Å²) in [6.07, 6.45) is 3.01. The zero-order valence-electron chi connectivity index (χ0n) is 12.0. The number of aromatic nitrogens is 1. The fraction of sp³-hybridized carbons (Fsp3) is 0.667. The van der Waals surface area contributed by atoms with Crippen LogP contribution in [-0.4, -0.2) is 35.8 Å². The number of anilines is 2. The molecule has 2 rings (SSSR count). The maximum atomic E-state index is 9.63.